The molecule has 6 nitrogen and oxygen atoms in total. The van der Waals surface area contributed by atoms with Crippen LogP contribution >= 0.6 is 0 Å². The van der Waals surface area contributed by atoms with Crippen LogP contribution in [0.4, 0.5) is 0 Å². The van der Waals surface area contributed by atoms with Gasteiger partial charge in [-0.3, -0.25) is 10.1 Å². The Bertz CT molecular complexity index is 761. The summed E-state index contributed by atoms with van der Waals surface area (Å²) in [5.41, 5.74) is 5.85. The number of sulfone groups is 1. The molecule has 0 saturated carbocycles. The third-order valence-corrected chi connectivity index (χ3v) is 7.46. The highest BCUT2D eigenvalue weighted by Gasteiger charge is 2.39. The van der Waals surface area contributed by atoms with Crippen LogP contribution in [-0.2, 0) is 21.1 Å². The molecule has 1 amide bonds. The molecule has 0 radical (unpaired) electrons. The Labute approximate surface area is 162 Å². The lowest BCUT2D eigenvalue weighted by molar-refractivity contribution is -0.121. The zero-order chi connectivity index (χ0) is 20.2. The molecule has 0 aliphatic carbocycles. The molecule has 1 heterocycles. The molecule has 3 N–H and O–H groups in total. The normalized spacial score (nSPS) is 21.0. The van der Waals surface area contributed by atoms with Crippen LogP contribution < -0.4 is 15.8 Å². The first kappa shape index (κ1) is 21.7. The minimum atomic E-state index is -3.29. The number of nitrogens with one attached hydrogen (secondary N) is 1. The summed E-state index contributed by atoms with van der Waals surface area (Å²) in [5, 5.41) is 2.69. The number of amides is 1. The van der Waals surface area contributed by atoms with E-state index in [1.165, 1.54) is 0 Å². The molecule has 152 valence electrons. The van der Waals surface area contributed by atoms with Gasteiger partial charge in [-0.25, -0.2) is 8.42 Å². The number of hydrogen-bond acceptors (Lipinski definition) is 5. The van der Waals surface area contributed by atoms with Crippen molar-refractivity contribution >= 4 is 15.7 Å². The highest BCUT2D eigenvalue weighted by Crippen LogP contribution is 2.33. The Kier molecular flexibility index (Phi) is 6.92. The fourth-order valence-electron chi connectivity index (χ4n) is 3.40. The smallest absolute Gasteiger partial charge is 0.220 e. The topological polar surface area (TPSA) is 98.5 Å². The van der Waals surface area contributed by atoms with Crippen molar-refractivity contribution in [1.29, 1.82) is 0 Å². The largest absolute Gasteiger partial charge is 0.486 e. The minimum Gasteiger partial charge on any atom is -0.486 e. The van der Waals surface area contributed by atoms with Crippen LogP contribution in [0, 0.1) is 5.92 Å². The van der Waals surface area contributed by atoms with E-state index in [0.717, 1.165) is 11.3 Å². The molecule has 1 aromatic carbocycles. The van der Waals surface area contributed by atoms with E-state index in [9.17, 15) is 13.2 Å². The number of fused-ring (bicyclic) bond motifs is 1. The lowest BCUT2D eigenvalue weighted by atomic mass is 9.88. The van der Waals surface area contributed by atoms with Gasteiger partial charge in [0.15, 0.2) is 9.84 Å². The highest BCUT2D eigenvalue weighted by molar-refractivity contribution is 7.91. The molecule has 0 aromatic heterocycles. The van der Waals surface area contributed by atoms with Gasteiger partial charge >= 0.3 is 0 Å². The zero-order valence-electron chi connectivity index (χ0n) is 16.7. The third kappa shape index (κ3) is 5.45. The van der Waals surface area contributed by atoms with Crippen LogP contribution in [0.1, 0.15) is 52.5 Å². The maximum absolute atomic E-state index is 12.6. The van der Waals surface area contributed by atoms with Gasteiger partial charge in [-0.2, -0.15) is 0 Å². The molecular weight excluding hydrogens is 364 g/mol. The first-order valence-corrected chi connectivity index (χ1v) is 11.3. The monoisotopic (exact) mass is 396 g/mol. The van der Waals surface area contributed by atoms with Gasteiger partial charge < -0.3 is 10.5 Å². The van der Waals surface area contributed by atoms with E-state index in [2.05, 4.69) is 5.32 Å². The summed E-state index contributed by atoms with van der Waals surface area (Å²) in [4.78, 5) is 11.2. The molecule has 3 unspecified atom stereocenters. The number of nitrogens with two attached hydrogens (primary N) is 1. The van der Waals surface area contributed by atoms with E-state index in [1.54, 1.807) is 13.8 Å². The van der Waals surface area contributed by atoms with Crippen molar-refractivity contribution in [2.75, 3.05) is 5.75 Å². The summed E-state index contributed by atoms with van der Waals surface area (Å²) >= 11 is 0. The van der Waals surface area contributed by atoms with Crippen LogP contribution in [0.3, 0.4) is 0 Å². The van der Waals surface area contributed by atoms with Gasteiger partial charge in [0.2, 0.25) is 5.91 Å². The minimum absolute atomic E-state index is 0.0701. The first-order valence-electron chi connectivity index (χ1n) is 9.60. The van der Waals surface area contributed by atoms with E-state index < -0.39 is 20.8 Å². The van der Waals surface area contributed by atoms with E-state index in [4.69, 9.17) is 10.5 Å². The van der Waals surface area contributed by atoms with Crippen molar-refractivity contribution in [3.8, 4) is 5.75 Å². The summed E-state index contributed by atoms with van der Waals surface area (Å²) in [6, 6.07) is 7.72. The quantitative estimate of drug-likeness (QED) is 0.668. The van der Waals surface area contributed by atoms with Crippen molar-refractivity contribution in [2.45, 2.75) is 70.4 Å². The van der Waals surface area contributed by atoms with Crippen LogP contribution in [-0.4, -0.2) is 37.1 Å². The molecule has 0 spiro atoms. The summed E-state index contributed by atoms with van der Waals surface area (Å²) in [6.45, 7) is 7.39. The van der Waals surface area contributed by atoms with Gasteiger partial charge in [0.1, 0.15) is 16.7 Å². The maximum Gasteiger partial charge on any atom is 0.220 e. The summed E-state index contributed by atoms with van der Waals surface area (Å²) < 4.78 is 31.4. The van der Waals surface area contributed by atoms with Crippen molar-refractivity contribution in [3.63, 3.8) is 0 Å². The molecule has 1 aliphatic rings. The Balaban J connectivity index is 2.13. The second-order valence-electron chi connectivity index (χ2n) is 7.91. The predicted octanol–water partition coefficient (Wildman–Crippen LogP) is 2.41. The summed E-state index contributed by atoms with van der Waals surface area (Å²) in [6.07, 6.45) is 2.35. The maximum atomic E-state index is 12.6. The van der Waals surface area contributed by atoms with Gasteiger partial charge in [-0.15, -0.1) is 0 Å². The zero-order valence-corrected chi connectivity index (χ0v) is 17.5. The second-order valence-corrected chi connectivity index (χ2v) is 10.4. The fourth-order valence-corrected chi connectivity index (χ4v) is 4.70. The molecule has 27 heavy (non-hydrogen) atoms. The molecule has 0 saturated heterocycles. The van der Waals surface area contributed by atoms with Crippen molar-refractivity contribution in [3.05, 3.63) is 29.8 Å². The molecule has 7 heteroatoms. The van der Waals surface area contributed by atoms with Gasteiger partial charge in [-0.1, -0.05) is 38.5 Å². The van der Waals surface area contributed by atoms with Crippen LogP contribution in [0.5, 0.6) is 5.75 Å². The number of rotatable bonds is 9. The Morgan fingerprint density at radius 3 is 2.63 bits per heavy atom. The molecule has 0 bridgehead atoms. The molecule has 1 aliphatic heterocycles. The van der Waals surface area contributed by atoms with E-state index in [-0.39, 0.29) is 23.6 Å². The van der Waals surface area contributed by atoms with Gasteiger partial charge in [-0.05, 0) is 44.7 Å². The van der Waals surface area contributed by atoms with Crippen LogP contribution in [0.2, 0.25) is 0 Å². The van der Waals surface area contributed by atoms with Crippen LogP contribution in [0.25, 0.3) is 0 Å². The van der Waals surface area contributed by atoms with Gasteiger partial charge in [0, 0.05) is 11.7 Å². The lowest BCUT2D eigenvalue weighted by Crippen LogP contribution is -2.58. The van der Waals surface area contributed by atoms with Crippen LogP contribution in [0.15, 0.2) is 24.3 Å². The summed E-state index contributed by atoms with van der Waals surface area (Å²) in [5.74, 6) is 0.319. The second kappa shape index (κ2) is 8.61. The van der Waals surface area contributed by atoms with Crippen molar-refractivity contribution < 1.29 is 17.9 Å². The number of primary amides is 1. The Morgan fingerprint density at radius 2 is 2.00 bits per heavy atom. The first-order chi connectivity index (χ1) is 12.6. The predicted molar refractivity (Wildman–Crippen MR) is 107 cm³/mol. The number of hydrogen-bond donors (Lipinski definition) is 2. The van der Waals surface area contributed by atoms with E-state index >= 15 is 0 Å². The Morgan fingerprint density at radius 1 is 1.33 bits per heavy atom. The highest BCUT2D eigenvalue weighted by atomic mass is 32.2. The molecular formula is C20H32N2O4S. The SMILES string of the molecule is CCS(=O)(=O)C(CCCC(C)C(N)=O)NC1Cc2ccccc2OC1(C)C. The average Bonchev–Trinajstić information content (AvgIpc) is 2.60. The van der Waals surface area contributed by atoms with E-state index in [1.807, 2.05) is 38.1 Å². The van der Waals surface area contributed by atoms with Crippen molar-refractivity contribution in [1.82, 2.24) is 5.32 Å². The Hall–Kier alpha value is -1.60. The fraction of sp³-hybridized carbons (Fsp3) is 0.650. The number of para-hydroxylation sites is 1. The molecule has 1 aromatic rings. The van der Waals surface area contributed by atoms with E-state index in [0.29, 0.717) is 25.7 Å². The number of ether oxygens (including phenoxy) is 1. The van der Waals surface area contributed by atoms with Crippen molar-refractivity contribution in [2.24, 2.45) is 11.7 Å². The standard InChI is InChI=1S/C20H32N2O4S/c1-5-27(24,25)18(12-8-9-14(2)19(21)23)22-17-13-15-10-6-7-11-16(15)26-20(17,3)4/h6-7,10-11,14,17-18,22H,5,8-9,12-13H2,1-4H3,(H2,21,23). The summed E-state index contributed by atoms with van der Waals surface area (Å²) in [7, 11) is -3.29. The number of carbonyl (C=O) groups excluding carboxylic acids is 1. The molecule has 2 rings (SSSR count). The molecule has 3 atom stereocenters. The number of benzene rings is 1. The van der Waals surface area contributed by atoms with Gasteiger partial charge in [0.05, 0.1) is 6.04 Å². The average molecular weight is 397 g/mol. The number of carbonyl (C=O) groups is 1. The lowest BCUT2D eigenvalue weighted by Gasteiger charge is -2.42. The molecule has 0 fully saturated rings. The third-order valence-electron chi connectivity index (χ3n) is 5.42. The van der Waals surface area contributed by atoms with Gasteiger partial charge in [0.25, 0.3) is 0 Å².